The van der Waals surface area contributed by atoms with Crippen LogP contribution in [0.5, 0.6) is 0 Å². The molecule has 0 saturated heterocycles. The second-order valence-corrected chi connectivity index (χ2v) is 4.63. The summed E-state index contributed by atoms with van der Waals surface area (Å²) in [6.45, 7) is 2.04. The first-order valence-electron chi connectivity index (χ1n) is 5.35. The number of hydrogen-bond acceptors (Lipinski definition) is 2. The Labute approximate surface area is 109 Å². The van der Waals surface area contributed by atoms with E-state index in [1.807, 2.05) is 19.1 Å². The van der Waals surface area contributed by atoms with E-state index in [4.69, 9.17) is 11.5 Å². The van der Waals surface area contributed by atoms with Crippen molar-refractivity contribution in [1.29, 1.82) is 0 Å². The minimum atomic E-state index is -0.426. The Bertz CT molecular complexity index is 612. The highest BCUT2D eigenvalue weighted by Gasteiger charge is 2.08. The van der Waals surface area contributed by atoms with Crippen LogP contribution in [-0.4, -0.2) is 11.9 Å². The van der Waals surface area contributed by atoms with Crippen LogP contribution in [0.15, 0.2) is 40.0 Å². The van der Waals surface area contributed by atoms with Gasteiger partial charge in [-0.15, -0.1) is 0 Å². The molecule has 1 aromatic carbocycles. The van der Waals surface area contributed by atoms with Gasteiger partial charge in [-0.2, -0.15) is 16.3 Å². The fourth-order valence-corrected chi connectivity index (χ4v) is 2.52. The lowest BCUT2D eigenvalue weighted by molar-refractivity contribution is 0.100. The molecule has 0 bridgehead atoms. The van der Waals surface area contributed by atoms with Gasteiger partial charge in [0.1, 0.15) is 0 Å². The van der Waals surface area contributed by atoms with E-state index >= 15 is 0 Å². The molecule has 0 aliphatic rings. The van der Waals surface area contributed by atoms with E-state index in [0.717, 1.165) is 11.1 Å². The number of thiophene rings is 1. The minimum Gasteiger partial charge on any atom is -0.370 e. The fraction of sp³-hybridized carbons (Fsp3) is 0.0769. The molecular weight excluding hydrogens is 246 g/mol. The number of hydrogen-bond donors (Lipinski definition) is 2. The highest BCUT2D eigenvalue weighted by molar-refractivity contribution is 7.08. The molecular formula is C13H13N3OS. The smallest absolute Gasteiger partial charge is 0.280 e. The first kappa shape index (κ1) is 12.3. The lowest BCUT2D eigenvalue weighted by atomic mass is 10.0. The molecule has 1 amide bonds. The van der Waals surface area contributed by atoms with Gasteiger partial charge in [-0.1, -0.05) is 12.1 Å². The Kier molecular flexibility index (Phi) is 3.43. The molecule has 0 fully saturated rings. The summed E-state index contributed by atoms with van der Waals surface area (Å²) in [5.41, 5.74) is 14.2. The van der Waals surface area contributed by atoms with Crippen molar-refractivity contribution in [2.45, 2.75) is 6.92 Å². The lowest BCUT2D eigenvalue weighted by Gasteiger charge is -2.02. The number of carbonyl (C=O) groups is 1. The van der Waals surface area contributed by atoms with Crippen molar-refractivity contribution in [3.05, 3.63) is 46.2 Å². The van der Waals surface area contributed by atoms with Crippen LogP contribution in [0.1, 0.15) is 15.9 Å². The average molecular weight is 259 g/mol. The molecule has 18 heavy (non-hydrogen) atoms. The van der Waals surface area contributed by atoms with Crippen molar-refractivity contribution in [1.82, 2.24) is 0 Å². The van der Waals surface area contributed by atoms with Crippen molar-refractivity contribution in [2.24, 2.45) is 16.5 Å². The fourth-order valence-electron chi connectivity index (χ4n) is 1.66. The molecule has 2 rings (SSSR count). The maximum Gasteiger partial charge on any atom is 0.280 e. The molecule has 4 N–H and O–H groups in total. The highest BCUT2D eigenvalue weighted by Crippen LogP contribution is 2.27. The minimum absolute atomic E-state index is 0.225. The summed E-state index contributed by atoms with van der Waals surface area (Å²) < 4.78 is 0. The SMILES string of the molecule is Cc1cscc1-c1cccc(C(=O)N=C(N)N)c1. The van der Waals surface area contributed by atoms with Crippen LogP contribution in [0.3, 0.4) is 0 Å². The molecule has 0 atom stereocenters. The van der Waals surface area contributed by atoms with Gasteiger partial charge in [0.05, 0.1) is 0 Å². The molecule has 92 valence electrons. The van der Waals surface area contributed by atoms with Gasteiger partial charge in [0.25, 0.3) is 5.91 Å². The quantitative estimate of drug-likeness (QED) is 0.640. The Morgan fingerprint density at radius 1 is 1.28 bits per heavy atom. The van der Waals surface area contributed by atoms with Gasteiger partial charge in [0.15, 0.2) is 5.96 Å². The summed E-state index contributed by atoms with van der Waals surface area (Å²) in [7, 11) is 0. The van der Waals surface area contributed by atoms with Crippen LogP contribution < -0.4 is 11.5 Å². The van der Waals surface area contributed by atoms with Crippen molar-refractivity contribution < 1.29 is 4.79 Å². The largest absolute Gasteiger partial charge is 0.370 e. The molecule has 1 aromatic heterocycles. The van der Waals surface area contributed by atoms with Gasteiger partial charge in [0, 0.05) is 5.56 Å². The molecule has 0 unspecified atom stereocenters. The zero-order valence-corrected chi connectivity index (χ0v) is 10.7. The zero-order valence-electron chi connectivity index (χ0n) is 9.88. The van der Waals surface area contributed by atoms with Gasteiger partial charge in [-0.25, -0.2) is 0 Å². The second kappa shape index (κ2) is 5.01. The normalized spacial score (nSPS) is 10.1. The van der Waals surface area contributed by atoms with Crippen LogP contribution in [0.25, 0.3) is 11.1 Å². The summed E-state index contributed by atoms with van der Waals surface area (Å²) in [5, 5.41) is 4.12. The van der Waals surface area contributed by atoms with Crippen LogP contribution in [0, 0.1) is 6.92 Å². The molecule has 0 radical (unpaired) electrons. The van der Waals surface area contributed by atoms with E-state index in [2.05, 4.69) is 15.8 Å². The second-order valence-electron chi connectivity index (χ2n) is 3.89. The van der Waals surface area contributed by atoms with E-state index in [0.29, 0.717) is 5.56 Å². The summed E-state index contributed by atoms with van der Waals surface area (Å²) >= 11 is 1.63. The molecule has 0 spiro atoms. The van der Waals surface area contributed by atoms with Gasteiger partial charge in [0.2, 0.25) is 0 Å². The number of guanidine groups is 1. The Morgan fingerprint density at radius 2 is 2.06 bits per heavy atom. The number of nitrogens with two attached hydrogens (primary N) is 2. The number of nitrogens with zero attached hydrogens (tertiary/aromatic N) is 1. The average Bonchev–Trinajstić information content (AvgIpc) is 2.75. The number of aliphatic imine (C=N–C) groups is 1. The maximum absolute atomic E-state index is 11.7. The number of carbonyl (C=O) groups excluding carboxylic acids is 1. The van der Waals surface area contributed by atoms with E-state index in [1.165, 1.54) is 5.56 Å². The Balaban J connectivity index is 2.40. The Hall–Kier alpha value is -2.14. The third-order valence-corrected chi connectivity index (χ3v) is 3.37. The molecule has 0 aliphatic carbocycles. The summed E-state index contributed by atoms with van der Waals surface area (Å²) in [5.74, 6) is -0.651. The maximum atomic E-state index is 11.7. The highest BCUT2D eigenvalue weighted by atomic mass is 32.1. The van der Waals surface area contributed by atoms with Crippen molar-refractivity contribution in [3.63, 3.8) is 0 Å². The molecule has 0 aliphatic heterocycles. The van der Waals surface area contributed by atoms with Gasteiger partial charge in [-0.3, -0.25) is 4.79 Å². The topological polar surface area (TPSA) is 81.5 Å². The van der Waals surface area contributed by atoms with Crippen LogP contribution in [-0.2, 0) is 0 Å². The molecule has 1 heterocycles. The first-order chi connectivity index (χ1) is 8.58. The summed E-state index contributed by atoms with van der Waals surface area (Å²) in [4.78, 5) is 15.2. The lowest BCUT2D eigenvalue weighted by Crippen LogP contribution is -2.24. The van der Waals surface area contributed by atoms with Crippen molar-refractivity contribution in [2.75, 3.05) is 0 Å². The van der Waals surface area contributed by atoms with E-state index in [1.54, 1.807) is 23.5 Å². The number of aryl methyl sites for hydroxylation is 1. The summed E-state index contributed by atoms with van der Waals surface area (Å²) in [6, 6.07) is 7.27. The molecule has 5 heteroatoms. The van der Waals surface area contributed by atoms with Gasteiger partial charge >= 0.3 is 0 Å². The van der Waals surface area contributed by atoms with Gasteiger partial charge in [-0.05, 0) is 46.5 Å². The molecule has 2 aromatic rings. The van der Waals surface area contributed by atoms with Gasteiger partial charge < -0.3 is 11.5 Å². The van der Waals surface area contributed by atoms with Crippen LogP contribution in [0.2, 0.25) is 0 Å². The van der Waals surface area contributed by atoms with E-state index in [9.17, 15) is 4.79 Å². The third-order valence-electron chi connectivity index (χ3n) is 2.51. The number of rotatable bonds is 2. The first-order valence-corrected chi connectivity index (χ1v) is 6.29. The number of benzene rings is 1. The van der Waals surface area contributed by atoms with Crippen molar-refractivity contribution >= 4 is 23.2 Å². The third kappa shape index (κ3) is 2.57. The van der Waals surface area contributed by atoms with E-state index < -0.39 is 5.91 Å². The molecule has 0 saturated carbocycles. The summed E-state index contributed by atoms with van der Waals surface area (Å²) in [6.07, 6.45) is 0. The number of amides is 1. The van der Waals surface area contributed by atoms with Crippen LogP contribution in [0.4, 0.5) is 0 Å². The monoisotopic (exact) mass is 259 g/mol. The predicted octanol–water partition coefficient (Wildman–Crippen LogP) is 2.14. The standard InChI is InChI=1S/C13H13N3OS/c1-8-6-18-7-11(8)9-3-2-4-10(5-9)12(17)16-13(14)15/h2-7H,1H3,(H4,14,15,16,17). The predicted molar refractivity (Wildman–Crippen MR) is 74.6 cm³/mol. The Morgan fingerprint density at radius 3 is 2.67 bits per heavy atom. The van der Waals surface area contributed by atoms with E-state index in [-0.39, 0.29) is 5.96 Å². The zero-order chi connectivity index (χ0) is 13.1. The van der Waals surface area contributed by atoms with Crippen molar-refractivity contribution in [3.8, 4) is 11.1 Å². The van der Waals surface area contributed by atoms with Crippen LogP contribution >= 0.6 is 11.3 Å². The molecule has 4 nitrogen and oxygen atoms in total.